The molecule has 1 aromatic heterocycles. The molecule has 0 atom stereocenters. The van der Waals surface area contributed by atoms with Gasteiger partial charge in [-0.25, -0.2) is 0 Å². The summed E-state index contributed by atoms with van der Waals surface area (Å²) in [6.07, 6.45) is 0. The molecule has 28 heavy (non-hydrogen) atoms. The first kappa shape index (κ1) is 20.1. The number of aryl methyl sites for hydroxylation is 1. The number of amides is 1. The van der Waals surface area contributed by atoms with Crippen LogP contribution in [-0.4, -0.2) is 29.7 Å². The van der Waals surface area contributed by atoms with E-state index in [0.717, 1.165) is 15.8 Å². The van der Waals surface area contributed by atoms with E-state index in [1.165, 1.54) is 11.3 Å². The molecule has 0 saturated carbocycles. The molecule has 1 amide bonds. The molecule has 0 spiro atoms. The van der Waals surface area contributed by atoms with Crippen molar-refractivity contribution >= 4 is 45.0 Å². The monoisotopic (exact) mass is 418 g/mol. The van der Waals surface area contributed by atoms with Crippen LogP contribution in [-0.2, 0) is 20.9 Å². The molecule has 0 aliphatic heterocycles. The molecule has 0 radical (unpaired) electrons. The lowest BCUT2D eigenvalue weighted by Crippen LogP contribution is -2.24. The maximum absolute atomic E-state index is 12.3. The first-order chi connectivity index (χ1) is 13.5. The standard InChI is InChI=1S/C20H19ClN2O4S/c1-3-26-18(25)11-23-19-13(2)15(21)9-10-16(19)28-20(23)22-17(24)12-27-14-7-5-4-6-8-14/h4-10H,3,11-12H2,1-2H3. The quantitative estimate of drug-likeness (QED) is 0.572. The number of thiazole rings is 1. The number of ether oxygens (including phenoxy) is 2. The number of hydrogen-bond donors (Lipinski definition) is 0. The summed E-state index contributed by atoms with van der Waals surface area (Å²) in [5, 5.41) is 0.577. The molecule has 6 nitrogen and oxygen atoms in total. The fourth-order valence-electron chi connectivity index (χ4n) is 2.68. The zero-order chi connectivity index (χ0) is 20.1. The third-order valence-electron chi connectivity index (χ3n) is 3.95. The minimum atomic E-state index is -0.447. The number of carbonyl (C=O) groups excluding carboxylic acids is 2. The number of nitrogens with zero attached hydrogens (tertiary/aromatic N) is 2. The van der Waals surface area contributed by atoms with Gasteiger partial charge in [-0.2, -0.15) is 4.99 Å². The van der Waals surface area contributed by atoms with Gasteiger partial charge in [0.15, 0.2) is 11.4 Å². The Labute approximate surface area is 171 Å². The van der Waals surface area contributed by atoms with E-state index in [1.807, 2.05) is 31.2 Å². The zero-order valence-electron chi connectivity index (χ0n) is 15.5. The molecule has 0 saturated heterocycles. The van der Waals surface area contributed by atoms with Crippen molar-refractivity contribution in [1.29, 1.82) is 0 Å². The van der Waals surface area contributed by atoms with E-state index < -0.39 is 11.9 Å². The van der Waals surface area contributed by atoms with Crippen LogP contribution in [0.4, 0.5) is 0 Å². The highest BCUT2D eigenvalue weighted by atomic mass is 35.5. The van der Waals surface area contributed by atoms with E-state index in [-0.39, 0.29) is 19.8 Å². The van der Waals surface area contributed by atoms with E-state index in [2.05, 4.69) is 4.99 Å². The molecule has 3 rings (SSSR count). The molecule has 0 N–H and O–H groups in total. The first-order valence-corrected chi connectivity index (χ1v) is 9.88. The predicted octanol–water partition coefficient (Wildman–Crippen LogP) is 3.73. The molecular formula is C20H19ClN2O4S. The molecule has 0 unspecified atom stereocenters. The molecule has 0 aliphatic rings. The van der Waals surface area contributed by atoms with Crippen molar-refractivity contribution in [3.05, 3.63) is 57.9 Å². The van der Waals surface area contributed by atoms with E-state index in [1.54, 1.807) is 29.7 Å². The average Bonchev–Trinajstić information content (AvgIpc) is 3.02. The van der Waals surface area contributed by atoms with Crippen molar-refractivity contribution in [3.63, 3.8) is 0 Å². The third kappa shape index (κ3) is 4.61. The second-order valence-corrected chi connectivity index (χ2v) is 7.32. The Hall–Kier alpha value is -2.64. The summed E-state index contributed by atoms with van der Waals surface area (Å²) in [5.74, 6) is -0.266. The van der Waals surface area contributed by atoms with Gasteiger partial charge in [-0.1, -0.05) is 41.1 Å². The Morgan fingerprint density at radius 2 is 1.93 bits per heavy atom. The van der Waals surface area contributed by atoms with Gasteiger partial charge in [0.1, 0.15) is 12.3 Å². The van der Waals surface area contributed by atoms with Crippen LogP contribution in [0.5, 0.6) is 5.75 Å². The van der Waals surface area contributed by atoms with Crippen LogP contribution in [0, 0.1) is 6.92 Å². The van der Waals surface area contributed by atoms with Gasteiger partial charge in [-0.3, -0.25) is 9.59 Å². The minimum absolute atomic E-state index is 0.0549. The van der Waals surface area contributed by atoms with Crippen LogP contribution in [0.25, 0.3) is 10.2 Å². The van der Waals surface area contributed by atoms with Crippen molar-refractivity contribution in [2.75, 3.05) is 13.2 Å². The van der Waals surface area contributed by atoms with Crippen molar-refractivity contribution < 1.29 is 19.1 Å². The van der Waals surface area contributed by atoms with Crippen LogP contribution in [0.2, 0.25) is 5.02 Å². The fraction of sp³-hybridized carbons (Fsp3) is 0.250. The molecule has 3 aromatic rings. The van der Waals surface area contributed by atoms with Crippen LogP contribution in [0.3, 0.4) is 0 Å². The van der Waals surface area contributed by atoms with E-state index in [4.69, 9.17) is 21.1 Å². The second-order valence-electron chi connectivity index (χ2n) is 5.90. The van der Waals surface area contributed by atoms with Crippen LogP contribution < -0.4 is 9.54 Å². The Kier molecular flexibility index (Phi) is 6.49. The summed E-state index contributed by atoms with van der Waals surface area (Å²) in [5.41, 5.74) is 1.58. The number of halogens is 1. The number of hydrogen-bond acceptors (Lipinski definition) is 5. The zero-order valence-corrected chi connectivity index (χ0v) is 17.0. The third-order valence-corrected chi connectivity index (χ3v) is 5.40. The van der Waals surface area contributed by atoms with Crippen molar-refractivity contribution in [3.8, 4) is 5.75 Å². The maximum Gasteiger partial charge on any atom is 0.326 e. The molecule has 2 aromatic carbocycles. The minimum Gasteiger partial charge on any atom is -0.484 e. The Balaban J connectivity index is 1.96. The van der Waals surface area contributed by atoms with E-state index >= 15 is 0 Å². The average molecular weight is 419 g/mol. The largest absolute Gasteiger partial charge is 0.484 e. The Morgan fingerprint density at radius 1 is 1.18 bits per heavy atom. The summed E-state index contributed by atoms with van der Waals surface area (Å²) in [7, 11) is 0. The van der Waals surface area contributed by atoms with Gasteiger partial charge in [-0.15, -0.1) is 0 Å². The number of carbonyl (C=O) groups is 2. The smallest absolute Gasteiger partial charge is 0.326 e. The SMILES string of the molecule is CCOC(=O)Cn1c(=NC(=O)COc2ccccc2)sc2ccc(Cl)c(C)c21. The van der Waals surface area contributed by atoms with Crippen molar-refractivity contribution in [2.45, 2.75) is 20.4 Å². The van der Waals surface area contributed by atoms with Gasteiger partial charge in [-0.05, 0) is 43.7 Å². The highest BCUT2D eigenvalue weighted by Gasteiger charge is 2.15. The Morgan fingerprint density at radius 3 is 2.64 bits per heavy atom. The number of aromatic nitrogens is 1. The molecule has 0 aliphatic carbocycles. The Bertz CT molecular complexity index is 1070. The molecule has 8 heteroatoms. The van der Waals surface area contributed by atoms with Crippen LogP contribution in [0.15, 0.2) is 47.5 Å². The van der Waals surface area contributed by atoms with E-state index in [9.17, 15) is 9.59 Å². The van der Waals surface area contributed by atoms with E-state index in [0.29, 0.717) is 15.6 Å². The molecule has 0 bridgehead atoms. The summed E-state index contributed by atoms with van der Waals surface area (Å²) >= 11 is 7.56. The second kappa shape index (κ2) is 9.03. The number of esters is 1. The van der Waals surface area contributed by atoms with Crippen LogP contribution in [0.1, 0.15) is 12.5 Å². The number of benzene rings is 2. The fourth-order valence-corrected chi connectivity index (χ4v) is 3.94. The van der Waals surface area contributed by atoms with Crippen LogP contribution >= 0.6 is 22.9 Å². The lowest BCUT2D eigenvalue weighted by molar-refractivity contribution is -0.143. The summed E-state index contributed by atoms with van der Waals surface area (Å²) in [6.45, 7) is 3.63. The highest BCUT2D eigenvalue weighted by Crippen LogP contribution is 2.27. The van der Waals surface area contributed by atoms with Gasteiger partial charge in [0.2, 0.25) is 0 Å². The summed E-state index contributed by atoms with van der Waals surface area (Å²) in [6, 6.07) is 12.7. The first-order valence-electron chi connectivity index (χ1n) is 8.69. The lowest BCUT2D eigenvalue weighted by atomic mass is 10.2. The lowest BCUT2D eigenvalue weighted by Gasteiger charge is -2.08. The van der Waals surface area contributed by atoms with Gasteiger partial charge in [0, 0.05) is 5.02 Å². The number of para-hydroxylation sites is 1. The number of rotatable bonds is 6. The van der Waals surface area contributed by atoms with Crippen molar-refractivity contribution in [1.82, 2.24) is 4.57 Å². The topological polar surface area (TPSA) is 69.9 Å². The van der Waals surface area contributed by atoms with Crippen molar-refractivity contribution in [2.24, 2.45) is 4.99 Å². The molecule has 146 valence electrons. The maximum atomic E-state index is 12.3. The number of fused-ring (bicyclic) bond motifs is 1. The van der Waals surface area contributed by atoms with Gasteiger partial charge in [0.05, 0.1) is 16.8 Å². The molecule has 1 heterocycles. The normalized spacial score (nSPS) is 11.6. The van der Waals surface area contributed by atoms with Gasteiger partial charge >= 0.3 is 5.97 Å². The van der Waals surface area contributed by atoms with Gasteiger partial charge in [0.25, 0.3) is 5.91 Å². The molecular weight excluding hydrogens is 400 g/mol. The summed E-state index contributed by atoms with van der Waals surface area (Å²) in [4.78, 5) is 29.0. The van der Waals surface area contributed by atoms with Gasteiger partial charge < -0.3 is 14.0 Å². The molecule has 0 fully saturated rings. The highest BCUT2D eigenvalue weighted by molar-refractivity contribution is 7.16. The predicted molar refractivity (Wildman–Crippen MR) is 109 cm³/mol. The summed E-state index contributed by atoms with van der Waals surface area (Å²) < 4.78 is 13.1.